The van der Waals surface area contributed by atoms with Crippen molar-refractivity contribution in [2.75, 3.05) is 25.2 Å². The molecule has 1 heterocycles. The van der Waals surface area contributed by atoms with Gasteiger partial charge in [-0.1, -0.05) is 15.9 Å². The highest BCUT2D eigenvalue weighted by atomic mass is 79.9. The standard InChI is InChI=1S/C8H14BrNO3/c1-6(4-9)10-8(11)7-5-12-2-3-13-7/h6-7H,2-5H2,1H3,(H,10,11). The van der Waals surface area contributed by atoms with Crippen molar-refractivity contribution in [3.63, 3.8) is 0 Å². The third-order valence-electron chi connectivity index (χ3n) is 1.73. The van der Waals surface area contributed by atoms with E-state index in [2.05, 4.69) is 21.2 Å². The number of ether oxygens (including phenoxy) is 2. The molecule has 4 nitrogen and oxygen atoms in total. The number of hydrogen-bond acceptors (Lipinski definition) is 3. The van der Waals surface area contributed by atoms with Crippen LogP contribution in [0.1, 0.15) is 6.92 Å². The number of amides is 1. The minimum atomic E-state index is -0.435. The van der Waals surface area contributed by atoms with Gasteiger partial charge in [0.05, 0.1) is 19.8 Å². The lowest BCUT2D eigenvalue weighted by Crippen LogP contribution is -2.46. The van der Waals surface area contributed by atoms with Crippen LogP contribution in [-0.2, 0) is 14.3 Å². The number of nitrogens with one attached hydrogen (secondary N) is 1. The smallest absolute Gasteiger partial charge is 0.251 e. The Morgan fingerprint density at radius 1 is 1.69 bits per heavy atom. The first kappa shape index (κ1) is 10.9. The van der Waals surface area contributed by atoms with Crippen LogP contribution in [0.3, 0.4) is 0 Å². The lowest BCUT2D eigenvalue weighted by Gasteiger charge is -2.23. The molecule has 0 saturated carbocycles. The van der Waals surface area contributed by atoms with E-state index < -0.39 is 6.10 Å². The molecular weight excluding hydrogens is 238 g/mol. The summed E-state index contributed by atoms with van der Waals surface area (Å²) in [6.45, 7) is 3.37. The van der Waals surface area contributed by atoms with Gasteiger partial charge in [0.15, 0.2) is 6.10 Å². The van der Waals surface area contributed by atoms with Crippen LogP contribution in [0.25, 0.3) is 0 Å². The molecule has 0 aromatic heterocycles. The number of carbonyl (C=O) groups excluding carboxylic acids is 1. The van der Waals surface area contributed by atoms with Crippen LogP contribution >= 0.6 is 15.9 Å². The van der Waals surface area contributed by atoms with Gasteiger partial charge in [0.1, 0.15) is 0 Å². The first-order chi connectivity index (χ1) is 6.24. The van der Waals surface area contributed by atoms with Gasteiger partial charge in [-0.3, -0.25) is 4.79 Å². The maximum Gasteiger partial charge on any atom is 0.251 e. The second kappa shape index (κ2) is 5.57. The summed E-state index contributed by atoms with van der Waals surface area (Å²) in [5, 5.41) is 3.55. The van der Waals surface area contributed by atoms with Crippen molar-refractivity contribution in [2.45, 2.75) is 19.1 Å². The number of alkyl halides is 1. The van der Waals surface area contributed by atoms with E-state index in [1.807, 2.05) is 6.92 Å². The van der Waals surface area contributed by atoms with Gasteiger partial charge >= 0.3 is 0 Å². The molecule has 1 saturated heterocycles. The molecular formula is C8H14BrNO3. The minimum absolute atomic E-state index is 0.0911. The Hall–Kier alpha value is -0.130. The Labute approximate surface area is 86.1 Å². The zero-order valence-electron chi connectivity index (χ0n) is 7.59. The fourth-order valence-electron chi connectivity index (χ4n) is 1.01. The second-order valence-corrected chi connectivity index (χ2v) is 3.65. The Morgan fingerprint density at radius 2 is 2.46 bits per heavy atom. The molecule has 5 heteroatoms. The van der Waals surface area contributed by atoms with Crippen LogP contribution in [0, 0.1) is 0 Å². The third kappa shape index (κ3) is 3.62. The average Bonchev–Trinajstić information content (AvgIpc) is 2.19. The highest BCUT2D eigenvalue weighted by Gasteiger charge is 2.23. The normalized spacial score (nSPS) is 25.2. The van der Waals surface area contributed by atoms with Gasteiger partial charge < -0.3 is 14.8 Å². The molecule has 0 bridgehead atoms. The zero-order valence-corrected chi connectivity index (χ0v) is 9.17. The van der Waals surface area contributed by atoms with Gasteiger partial charge in [0, 0.05) is 11.4 Å². The lowest BCUT2D eigenvalue weighted by molar-refractivity contribution is -0.147. The Morgan fingerprint density at radius 3 is 3.00 bits per heavy atom. The van der Waals surface area contributed by atoms with Crippen molar-refractivity contribution < 1.29 is 14.3 Å². The van der Waals surface area contributed by atoms with Crippen molar-refractivity contribution in [3.8, 4) is 0 Å². The van der Waals surface area contributed by atoms with Gasteiger partial charge in [-0.05, 0) is 6.92 Å². The number of halogens is 1. The molecule has 13 heavy (non-hydrogen) atoms. The van der Waals surface area contributed by atoms with E-state index in [0.29, 0.717) is 19.8 Å². The monoisotopic (exact) mass is 251 g/mol. The maximum absolute atomic E-state index is 11.4. The fourth-order valence-corrected chi connectivity index (χ4v) is 1.18. The van der Waals surface area contributed by atoms with Gasteiger partial charge in [0.2, 0.25) is 0 Å². The highest BCUT2D eigenvalue weighted by Crippen LogP contribution is 2.01. The summed E-state index contributed by atoms with van der Waals surface area (Å²) in [4.78, 5) is 11.4. The molecule has 0 aromatic carbocycles. The molecule has 76 valence electrons. The van der Waals surface area contributed by atoms with Gasteiger partial charge in [-0.25, -0.2) is 0 Å². The van der Waals surface area contributed by atoms with E-state index in [1.54, 1.807) is 0 Å². The molecule has 0 spiro atoms. The maximum atomic E-state index is 11.4. The van der Waals surface area contributed by atoms with E-state index in [-0.39, 0.29) is 11.9 Å². The summed E-state index contributed by atoms with van der Waals surface area (Å²) < 4.78 is 10.4. The van der Waals surface area contributed by atoms with E-state index in [1.165, 1.54) is 0 Å². The first-order valence-corrected chi connectivity index (χ1v) is 5.42. The fraction of sp³-hybridized carbons (Fsp3) is 0.875. The van der Waals surface area contributed by atoms with Crippen molar-refractivity contribution in [1.29, 1.82) is 0 Å². The summed E-state index contributed by atoms with van der Waals surface area (Å²) >= 11 is 3.28. The SMILES string of the molecule is CC(CBr)NC(=O)C1COCCO1. The molecule has 0 radical (unpaired) electrons. The quantitative estimate of drug-likeness (QED) is 0.735. The summed E-state index contributed by atoms with van der Waals surface area (Å²) in [6.07, 6.45) is -0.435. The number of rotatable bonds is 3. The first-order valence-electron chi connectivity index (χ1n) is 4.29. The molecule has 0 aromatic rings. The van der Waals surface area contributed by atoms with Crippen LogP contribution in [-0.4, -0.2) is 43.2 Å². The zero-order chi connectivity index (χ0) is 9.68. The molecule has 0 aliphatic carbocycles. The molecule has 1 fully saturated rings. The van der Waals surface area contributed by atoms with Gasteiger partial charge in [-0.15, -0.1) is 0 Å². The Kier molecular flexibility index (Phi) is 4.69. The number of carbonyl (C=O) groups is 1. The van der Waals surface area contributed by atoms with Crippen molar-refractivity contribution in [2.24, 2.45) is 0 Å². The summed E-state index contributed by atoms with van der Waals surface area (Å²) in [5.41, 5.74) is 0. The largest absolute Gasteiger partial charge is 0.376 e. The summed E-state index contributed by atoms with van der Waals surface area (Å²) in [6, 6.07) is 0.123. The Balaban J connectivity index is 2.29. The van der Waals surface area contributed by atoms with Crippen LogP contribution in [0.5, 0.6) is 0 Å². The minimum Gasteiger partial charge on any atom is -0.376 e. The molecule has 1 aliphatic rings. The predicted molar refractivity (Wildman–Crippen MR) is 52.0 cm³/mol. The predicted octanol–water partition coefficient (Wildman–Crippen LogP) is 0.301. The third-order valence-corrected chi connectivity index (χ3v) is 2.70. The van der Waals surface area contributed by atoms with Crippen molar-refractivity contribution in [3.05, 3.63) is 0 Å². The summed E-state index contributed by atoms with van der Waals surface area (Å²) in [7, 11) is 0. The van der Waals surface area contributed by atoms with Crippen LogP contribution in [0.2, 0.25) is 0 Å². The average molecular weight is 252 g/mol. The van der Waals surface area contributed by atoms with E-state index in [0.717, 1.165) is 5.33 Å². The van der Waals surface area contributed by atoms with Gasteiger partial charge in [0.25, 0.3) is 5.91 Å². The van der Waals surface area contributed by atoms with Crippen LogP contribution in [0.4, 0.5) is 0 Å². The molecule has 2 unspecified atom stereocenters. The molecule has 2 atom stereocenters. The van der Waals surface area contributed by atoms with Crippen molar-refractivity contribution in [1.82, 2.24) is 5.32 Å². The number of hydrogen-bond donors (Lipinski definition) is 1. The van der Waals surface area contributed by atoms with E-state index >= 15 is 0 Å². The van der Waals surface area contributed by atoms with Crippen molar-refractivity contribution >= 4 is 21.8 Å². The lowest BCUT2D eigenvalue weighted by atomic mass is 10.3. The van der Waals surface area contributed by atoms with E-state index in [9.17, 15) is 4.79 Å². The molecule has 1 N–H and O–H groups in total. The molecule has 1 rings (SSSR count). The van der Waals surface area contributed by atoms with Crippen LogP contribution in [0.15, 0.2) is 0 Å². The van der Waals surface area contributed by atoms with Gasteiger partial charge in [-0.2, -0.15) is 0 Å². The topological polar surface area (TPSA) is 47.6 Å². The highest BCUT2D eigenvalue weighted by molar-refractivity contribution is 9.09. The Bertz CT molecular complexity index is 171. The molecule has 1 amide bonds. The second-order valence-electron chi connectivity index (χ2n) is 3.00. The summed E-state index contributed by atoms with van der Waals surface area (Å²) in [5.74, 6) is -0.0911. The van der Waals surface area contributed by atoms with E-state index in [4.69, 9.17) is 9.47 Å². The molecule has 1 aliphatic heterocycles. The van der Waals surface area contributed by atoms with Crippen LogP contribution < -0.4 is 5.32 Å².